The SMILES string of the molecule is CN1C[C@@H](O)[C@H](N(C)C(=O)OCC2c3ccccc3-c3ccccc32)C1. The molecule has 1 fully saturated rings. The van der Waals surface area contributed by atoms with Crippen LogP contribution in [0.5, 0.6) is 0 Å². The number of aliphatic hydroxyl groups excluding tert-OH is 1. The van der Waals surface area contributed by atoms with Gasteiger partial charge >= 0.3 is 6.09 Å². The summed E-state index contributed by atoms with van der Waals surface area (Å²) in [7, 11) is 3.64. The summed E-state index contributed by atoms with van der Waals surface area (Å²) in [5, 5.41) is 10.1. The summed E-state index contributed by atoms with van der Waals surface area (Å²) in [6, 6.07) is 16.3. The van der Waals surface area contributed by atoms with Crippen LogP contribution in [-0.4, -0.2) is 66.9 Å². The molecule has 0 saturated carbocycles. The molecule has 0 spiro atoms. The molecule has 1 saturated heterocycles. The average molecular weight is 352 g/mol. The Labute approximate surface area is 153 Å². The number of likely N-dealkylation sites (tertiary alicyclic amines) is 1. The van der Waals surface area contributed by atoms with Crippen LogP contribution in [0.4, 0.5) is 4.79 Å². The number of hydrogen-bond donors (Lipinski definition) is 1. The standard InChI is InChI=1S/C21H24N2O3/c1-22-11-19(20(24)12-22)23(2)21(25)26-13-18-16-9-5-3-7-14(16)15-8-4-6-10-17(15)18/h3-10,18-20,24H,11-13H2,1-2H3/t19-,20-/m1/s1. The Bertz CT molecular complexity index is 777. The third kappa shape index (κ3) is 2.87. The molecule has 2 aromatic rings. The van der Waals surface area contributed by atoms with E-state index in [0.717, 1.165) is 0 Å². The molecule has 2 atom stereocenters. The van der Waals surface area contributed by atoms with E-state index in [4.69, 9.17) is 4.74 Å². The first-order valence-corrected chi connectivity index (χ1v) is 9.00. The van der Waals surface area contributed by atoms with Gasteiger partial charge in [0.1, 0.15) is 6.61 Å². The summed E-state index contributed by atoms with van der Waals surface area (Å²) in [6.45, 7) is 1.53. The van der Waals surface area contributed by atoms with Crippen LogP contribution in [0.25, 0.3) is 11.1 Å². The third-order valence-electron chi connectivity index (χ3n) is 5.56. The van der Waals surface area contributed by atoms with Crippen molar-refractivity contribution in [2.24, 2.45) is 0 Å². The molecule has 5 heteroatoms. The van der Waals surface area contributed by atoms with Gasteiger partial charge in [0.25, 0.3) is 0 Å². The van der Waals surface area contributed by atoms with Gasteiger partial charge in [0.05, 0.1) is 12.1 Å². The molecule has 4 rings (SSSR count). The van der Waals surface area contributed by atoms with Crippen molar-refractivity contribution < 1.29 is 14.6 Å². The highest BCUT2D eigenvalue weighted by Crippen LogP contribution is 2.44. The van der Waals surface area contributed by atoms with Crippen molar-refractivity contribution in [2.45, 2.75) is 18.1 Å². The number of hydrogen-bond acceptors (Lipinski definition) is 4. The maximum atomic E-state index is 12.5. The Kier molecular flexibility index (Phi) is 4.42. The molecular formula is C21H24N2O3. The number of β-amino-alcohol motifs (C(OH)–C–C–N with tert-alkyl or cyclic N) is 1. The van der Waals surface area contributed by atoms with Gasteiger partial charge in [-0.1, -0.05) is 48.5 Å². The van der Waals surface area contributed by atoms with Gasteiger partial charge in [0.2, 0.25) is 0 Å². The Morgan fingerprint density at radius 2 is 1.69 bits per heavy atom. The predicted molar refractivity (Wildman–Crippen MR) is 100 cm³/mol. The van der Waals surface area contributed by atoms with Crippen molar-refractivity contribution in [1.82, 2.24) is 9.80 Å². The highest BCUT2D eigenvalue weighted by atomic mass is 16.6. The fourth-order valence-electron chi connectivity index (χ4n) is 4.17. The van der Waals surface area contributed by atoms with E-state index >= 15 is 0 Å². The molecule has 0 radical (unpaired) electrons. The number of aliphatic hydroxyl groups is 1. The molecule has 136 valence electrons. The zero-order valence-corrected chi connectivity index (χ0v) is 15.1. The van der Waals surface area contributed by atoms with Gasteiger partial charge < -0.3 is 19.6 Å². The molecule has 2 aliphatic rings. The van der Waals surface area contributed by atoms with Crippen LogP contribution in [0, 0.1) is 0 Å². The summed E-state index contributed by atoms with van der Waals surface area (Å²) >= 11 is 0. The van der Waals surface area contributed by atoms with E-state index in [9.17, 15) is 9.90 Å². The van der Waals surface area contributed by atoms with Gasteiger partial charge in [-0.3, -0.25) is 0 Å². The lowest BCUT2D eigenvalue weighted by Gasteiger charge is -2.26. The summed E-state index contributed by atoms with van der Waals surface area (Å²) < 4.78 is 5.65. The molecule has 0 unspecified atom stereocenters. The molecule has 0 bridgehead atoms. The normalized spacial score (nSPS) is 22.1. The Morgan fingerprint density at radius 3 is 2.23 bits per heavy atom. The van der Waals surface area contributed by atoms with Gasteiger partial charge in [0.15, 0.2) is 0 Å². The molecule has 2 aromatic carbocycles. The van der Waals surface area contributed by atoms with Crippen LogP contribution in [0.1, 0.15) is 17.0 Å². The topological polar surface area (TPSA) is 53.0 Å². The van der Waals surface area contributed by atoms with Crippen LogP contribution in [0.2, 0.25) is 0 Å². The van der Waals surface area contributed by atoms with E-state index in [1.54, 1.807) is 7.05 Å². The minimum atomic E-state index is -0.537. The molecule has 1 N–H and O–H groups in total. The summed E-state index contributed by atoms with van der Waals surface area (Å²) in [4.78, 5) is 16.1. The van der Waals surface area contributed by atoms with E-state index < -0.39 is 6.10 Å². The maximum Gasteiger partial charge on any atom is 0.409 e. The number of carbonyl (C=O) groups is 1. The molecule has 5 nitrogen and oxygen atoms in total. The molecule has 1 aliphatic heterocycles. The number of ether oxygens (including phenoxy) is 1. The first-order chi connectivity index (χ1) is 12.6. The first-order valence-electron chi connectivity index (χ1n) is 9.00. The smallest absolute Gasteiger partial charge is 0.409 e. The van der Waals surface area contributed by atoms with Crippen molar-refractivity contribution in [3.63, 3.8) is 0 Å². The van der Waals surface area contributed by atoms with Gasteiger partial charge in [-0.25, -0.2) is 4.79 Å². The highest BCUT2D eigenvalue weighted by molar-refractivity contribution is 5.79. The molecule has 0 aromatic heterocycles. The Hall–Kier alpha value is -2.37. The van der Waals surface area contributed by atoms with E-state index in [1.165, 1.54) is 27.2 Å². The molecule has 1 heterocycles. The Morgan fingerprint density at radius 1 is 1.12 bits per heavy atom. The molecule has 26 heavy (non-hydrogen) atoms. The molecule has 1 amide bonds. The van der Waals surface area contributed by atoms with Gasteiger partial charge in [-0.15, -0.1) is 0 Å². The minimum absolute atomic E-state index is 0.0518. The monoisotopic (exact) mass is 352 g/mol. The van der Waals surface area contributed by atoms with Crippen molar-refractivity contribution in [1.29, 1.82) is 0 Å². The third-order valence-corrected chi connectivity index (χ3v) is 5.56. The second-order valence-electron chi connectivity index (χ2n) is 7.27. The number of nitrogens with zero attached hydrogens (tertiary/aromatic N) is 2. The molecular weight excluding hydrogens is 328 g/mol. The fourth-order valence-corrected chi connectivity index (χ4v) is 4.17. The van der Waals surface area contributed by atoms with E-state index in [-0.39, 0.29) is 18.1 Å². The van der Waals surface area contributed by atoms with E-state index in [2.05, 4.69) is 24.3 Å². The minimum Gasteiger partial charge on any atom is -0.448 e. The van der Waals surface area contributed by atoms with Crippen LogP contribution in [-0.2, 0) is 4.74 Å². The van der Waals surface area contributed by atoms with E-state index in [0.29, 0.717) is 19.7 Å². The van der Waals surface area contributed by atoms with Gasteiger partial charge in [-0.05, 0) is 29.3 Å². The van der Waals surface area contributed by atoms with Gasteiger partial charge in [-0.2, -0.15) is 0 Å². The molecule has 1 aliphatic carbocycles. The average Bonchev–Trinajstić information content (AvgIpc) is 3.16. The zero-order chi connectivity index (χ0) is 18.3. The maximum absolute atomic E-state index is 12.5. The summed E-state index contributed by atoms with van der Waals surface area (Å²) in [5.41, 5.74) is 4.82. The lowest BCUT2D eigenvalue weighted by Crippen LogP contribution is -2.44. The van der Waals surface area contributed by atoms with Crippen LogP contribution in [0.3, 0.4) is 0 Å². The second kappa shape index (κ2) is 6.74. The summed E-state index contributed by atoms with van der Waals surface area (Å²) in [6.07, 6.45) is -0.920. The first kappa shape index (κ1) is 17.1. The zero-order valence-electron chi connectivity index (χ0n) is 15.1. The van der Waals surface area contributed by atoms with Crippen molar-refractivity contribution >= 4 is 6.09 Å². The van der Waals surface area contributed by atoms with Crippen molar-refractivity contribution in [2.75, 3.05) is 33.8 Å². The van der Waals surface area contributed by atoms with E-state index in [1.807, 2.05) is 36.2 Å². The lowest BCUT2D eigenvalue weighted by atomic mass is 9.98. The number of likely N-dealkylation sites (N-methyl/N-ethyl adjacent to an activating group) is 2. The van der Waals surface area contributed by atoms with Gasteiger partial charge in [0, 0.05) is 26.1 Å². The number of benzene rings is 2. The fraction of sp³-hybridized carbons (Fsp3) is 0.381. The van der Waals surface area contributed by atoms with Crippen molar-refractivity contribution in [3.8, 4) is 11.1 Å². The van der Waals surface area contributed by atoms with Crippen LogP contribution in [0.15, 0.2) is 48.5 Å². The van der Waals surface area contributed by atoms with Crippen LogP contribution >= 0.6 is 0 Å². The predicted octanol–water partition coefficient (Wildman–Crippen LogP) is 2.54. The summed E-state index contributed by atoms with van der Waals surface area (Å²) in [5.74, 6) is 0.0518. The van der Waals surface area contributed by atoms with Crippen molar-refractivity contribution in [3.05, 3.63) is 59.7 Å². The second-order valence-corrected chi connectivity index (χ2v) is 7.27. The Balaban J connectivity index is 1.49. The largest absolute Gasteiger partial charge is 0.448 e. The number of fused-ring (bicyclic) bond motifs is 3. The number of carbonyl (C=O) groups excluding carboxylic acids is 1. The number of rotatable bonds is 3. The quantitative estimate of drug-likeness (QED) is 0.922. The number of amides is 1. The highest BCUT2D eigenvalue weighted by Gasteiger charge is 2.36. The lowest BCUT2D eigenvalue weighted by molar-refractivity contribution is 0.0642. The van der Waals surface area contributed by atoms with Crippen LogP contribution < -0.4 is 0 Å².